The van der Waals surface area contributed by atoms with Crippen LogP contribution in [0.1, 0.15) is 18.4 Å². The van der Waals surface area contributed by atoms with Crippen molar-refractivity contribution in [3.8, 4) is 5.75 Å². The minimum Gasteiger partial charge on any atom is -0.497 e. The van der Waals surface area contributed by atoms with Crippen molar-refractivity contribution < 1.29 is 9.53 Å². The zero-order valence-corrected chi connectivity index (χ0v) is 14.3. The fourth-order valence-electron chi connectivity index (χ4n) is 1.97. The summed E-state index contributed by atoms with van der Waals surface area (Å²) in [6.45, 7) is 0. The van der Waals surface area contributed by atoms with Gasteiger partial charge >= 0.3 is 0 Å². The third-order valence-corrected chi connectivity index (χ3v) is 4.68. The Morgan fingerprint density at radius 1 is 1.36 bits per heavy atom. The number of carbonyl (C=O) groups is 1. The Hall–Kier alpha value is -1.43. The second-order valence-electron chi connectivity index (χ2n) is 4.70. The first-order valence-corrected chi connectivity index (χ1v) is 8.24. The molecule has 1 amide bonds. The molecule has 0 atom stereocenters. The summed E-state index contributed by atoms with van der Waals surface area (Å²) >= 11 is 13.3. The molecule has 3 N–H and O–H groups in total. The highest BCUT2D eigenvalue weighted by molar-refractivity contribution is 7.20. The summed E-state index contributed by atoms with van der Waals surface area (Å²) in [5.41, 5.74) is 7.87. The van der Waals surface area contributed by atoms with Gasteiger partial charge in [-0.05, 0) is 36.6 Å². The monoisotopic (exact) mass is 358 g/mol. The van der Waals surface area contributed by atoms with Gasteiger partial charge in [-0.15, -0.1) is 11.3 Å². The zero-order chi connectivity index (χ0) is 16.1. The second-order valence-corrected chi connectivity index (χ2v) is 6.99. The number of thiophene rings is 1. The van der Waals surface area contributed by atoms with Crippen molar-refractivity contribution in [3.05, 3.63) is 38.5 Å². The van der Waals surface area contributed by atoms with Crippen LogP contribution in [0.3, 0.4) is 0 Å². The number of amides is 1. The van der Waals surface area contributed by atoms with E-state index in [0.29, 0.717) is 45.1 Å². The highest BCUT2D eigenvalue weighted by atomic mass is 35.5. The van der Waals surface area contributed by atoms with E-state index in [1.165, 1.54) is 11.3 Å². The lowest BCUT2D eigenvalue weighted by atomic mass is 10.1. The van der Waals surface area contributed by atoms with Gasteiger partial charge in [0.2, 0.25) is 5.91 Å². The number of aryl methyl sites for hydroxylation is 1. The zero-order valence-electron chi connectivity index (χ0n) is 12.0. The lowest BCUT2D eigenvalue weighted by Gasteiger charge is -2.10. The number of ether oxygens (including phenoxy) is 1. The van der Waals surface area contributed by atoms with Gasteiger partial charge in [0.15, 0.2) is 0 Å². The van der Waals surface area contributed by atoms with E-state index in [9.17, 15) is 4.79 Å². The number of nitrogens with two attached hydrogens (primary N) is 1. The Labute approximate surface area is 143 Å². The van der Waals surface area contributed by atoms with E-state index in [4.69, 9.17) is 33.7 Å². The minimum absolute atomic E-state index is 0.0996. The molecule has 22 heavy (non-hydrogen) atoms. The van der Waals surface area contributed by atoms with E-state index in [-0.39, 0.29) is 5.91 Å². The Kier molecular flexibility index (Phi) is 5.94. The normalized spacial score (nSPS) is 10.5. The van der Waals surface area contributed by atoms with E-state index in [2.05, 4.69) is 5.32 Å². The first kappa shape index (κ1) is 16.9. The number of benzene rings is 1. The molecule has 2 rings (SSSR count). The number of halogens is 2. The molecular formula is C15H16Cl2N2O2S. The quantitative estimate of drug-likeness (QED) is 0.741. The number of hydrogen-bond acceptors (Lipinski definition) is 4. The molecule has 0 unspecified atom stereocenters. The molecule has 0 aliphatic heterocycles. The maximum atomic E-state index is 12.0. The Morgan fingerprint density at radius 2 is 2.14 bits per heavy atom. The lowest BCUT2D eigenvalue weighted by Crippen LogP contribution is -2.13. The third-order valence-electron chi connectivity index (χ3n) is 3.11. The molecule has 4 nitrogen and oxygen atoms in total. The molecule has 2 aromatic rings. The average molecular weight is 359 g/mol. The van der Waals surface area contributed by atoms with E-state index in [1.54, 1.807) is 25.3 Å². The van der Waals surface area contributed by atoms with Crippen LogP contribution in [0.15, 0.2) is 24.3 Å². The van der Waals surface area contributed by atoms with Crippen molar-refractivity contribution in [2.24, 2.45) is 0 Å². The van der Waals surface area contributed by atoms with Gasteiger partial charge in [-0.3, -0.25) is 4.79 Å². The van der Waals surface area contributed by atoms with E-state index < -0.39 is 0 Å². The standard InChI is InChI=1S/C15H16Cl2N2O2S/c1-21-10-5-6-11(18)12(8-10)19-14(20)4-2-3-9-7-13(16)22-15(9)17/h5-8H,2-4,18H2,1H3,(H,19,20). The highest BCUT2D eigenvalue weighted by Crippen LogP contribution is 2.32. The Morgan fingerprint density at radius 3 is 2.77 bits per heavy atom. The first-order valence-electron chi connectivity index (χ1n) is 6.66. The first-order chi connectivity index (χ1) is 10.5. The summed E-state index contributed by atoms with van der Waals surface area (Å²) < 4.78 is 6.46. The minimum atomic E-state index is -0.0996. The van der Waals surface area contributed by atoms with Crippen molar-refractivity contribution in [1.82, 2.24) is 0 Å². The van der Waals surface area contributed by atoms with Crippen LogP contribution in [-0.2, 0) is 11.2 Å². The Balaban J connectivity index is 1.87. The number of methoxy groups -OCH3 is 1. The van der Waals surface area contributed by atoms with Crippen molar-refractivity contribution in [2.75, 3.05) is 18.2 Å². The molecule has 118 valence electrons. The number of anilines is 2. The van der Waals surface area contributed by atoms with Gasteiger partial charge in [-0.1, -0.05) is 23.2 Å². The van der Waals surface area contributed by atoms with Gasteiger partial charge in [-0.25, -0.2) is 0 Å². The predicted octanol–water partition coefficient (Wildman–Crippen LogP) is 4.61. The summed E-state index contributed by atoms with van der Waals surface area (Å²) in [6, 6.07) is 6.98. The molecule has 1 aromatic carbocycles. The van der Waals surface area contributed by atoms with Crippen LogP contribution in [0.25, 0.3) is 0 Å². The van der Waals surface area contributed by atoms with Crippen LogP contribution in [0, 0.1) is 0 Å². The smallest absolute Gasteiger partial charge is 0.224 e. The van der Waals surface area contributed by atoms with Crippen LogP contribution in [-0.4, -0.2) is 13.0 Å². The average Bonchev–Trinajstić information content (AvgIpc) is 2.79. The van der Waals surface area contributed by atoms with Gasteiger partial charge < -0.3 is 15.8 Å². The summed E-state index contributed by atoms with van der Waals surface area (Å²) in [5, 5.41) is 2.79. The largest absolute Gasteiger partial charge is 0.497 e. The number of carbonyl (C=O) groups excluding carboxylic acids is 1. The fraction of sp³-hybridized carbons (Fsp3) is 0.267. The lowest BCUT2D eigenvalue weighted by molar-refractivity contribution is -0.116. The van der Waals surface area contributed by atoms with Crippen molar-refractivity contribution in [1.29, 1.82) is 0 Å². The van der Waals surface area contributed by atoms with Crippen LogP contribution >= 0.6 is 34.5 Å². The number of rotatable bonds is 6. The maximum Gasteiger partial charge on any atom is 0.224 e. The molecule has 1 aromatic heterocycles. The molecule has 0 saturated heterocycles. The molecule has 7 heteroatoms. The summed E-state index contributed by atoms with van der Waals surface area (Å²) in [6.07, 6.45) is 1.77. The van der Waals surface area contributed by atoms with E-state index in [0.717, 1.165) is 5.56 Å². The SMILES string of the molecule is COc1ccc(N)c(NC(=O)CCCc2cc(Cl)sc2Cl)c1. The second kappa shape index (κ2) is 7.72. The van der Waals surface area contributed by atoms with E-state index in [1.807, 2.05) is 6.07 Å². The van der Waals surface area contributed by atoms with Crippen molar-refractivity contribution >= 4 is 51.8 Å². The molecule has 1 heterocycles. The van der Waals surface area contributed by atoms with Crippen LogP contribution in [0.2, 0.25) is 8.67 Å². The van der Waals surface area contributed by atoms with Gasteiger partial charge in [0, 0.05) is 12.5 Å². The number of nitrogens with one attached hydrogen (secondary N) is 1. The van der Waals surface area contributed by atoms with Gasteiger partial charge in [0.1, 0.15) is 5.75 Å². The molecule has 0 radical (unpaired) electrons. The molecule has 0 saturated carbocycles. The molecule has 0 bridgehead atoms. The molecule has 0 fully saturated rings. The number of hydrogen-bond donors (Lipinski definition) is 2. The Bertz CT molecular complexity index is 674. The van der Waals surface area contributed by atoms with E-state index >= 15 is 0 Å². The van der Waals surface area contributed by atoms with Crippen molar-refractivity contribution in [3.63, 3.8) is 0 Å². The summed E-state index contributed by atoms with van der Waals surface area (Å²) in [5.74, 6) is 0.543. The van der Waals surface area contributed by atoms with Crippen LogP contribution in [0.4, 0.5) is 11.4 Å². The molecule has 0 aliphatic carbocycles. The fourth-order valence-corrected chi connectivity index (χ4v) is 3.51. The summed E-state index contributed by atoms with van der Waals surface area (Å²) in [7, 11) is 1.56. The topological polar surface area (TPSA) is 64.3 Å². The van der Waals surface area contributed by atoms with Crippen LogP contribution < -0.4 is 15.8 Å². The van der Waals surface area contributed by atoms with Gasteiger partial charge in [-0.2, -0.15) is 0 Å². The predicted molar refractivity (Wildman–Crippen MR) is 93.3 cm³/mol. The summed E-state index contributed by atoms with van der Waals surface area (Å²) in [4.78, 5) is 12.0. The van der Waals surface area contributed by atoms with Gasteiger partial charge in [0.05, 0.1) is 27.2 Å². The third kappa shape index (κ3) is 4.53. The number of nitrogen functional groups attached to an aromatic ring is 1. The molecule has 0 aliphatic rings. The molecule has 0 spiro atoms. The van der Waals surface area contributed by atoms with Gasteiger partial charge in [0.25, 0.3) is 0 Å². The maximum absolute atomic E-state index is 12.0. The van der Waals surface area contributed by atoms with Crippen molar-refractivity contribution in [2.45, 2.75) is 19.3 Å². The van der Waals surface area contributed by atoms with Crippen LogP contribution in [0.5, 0.6) is 5.75 Å². The molecular weight excluding hydrogens is 343 g/mol. The highest BCUT2D eigenvalue weighted by Gasteiger charge is 2.09.